The predicted molar refractivity (Wildman–Crippen MR) is 137 cm³/mol. The SMILES string of the molecule is CCl.COc1ccc2c(O)cc3c(c2c1)CCN3C(=O)c1cc2cc(OC)c(OC)c(OC)c2[nH]1. The van der Waals surface area contributed by atoms with E-state index in [1.807, 2.05) is 18.2 Å². The van der Waals surface area contributed by atoms with Crippen LogP contribution in [-0.4, -0.2) is 57.4 Å². The van der Waals surface area contributed by atoms with E-state index < -0.39 is 0 Å². The molecule has 0 atom stereocenters. The zero-order valence-corrected chi connectivity index (χ0v) is 20.9. The van der Waals surface area contributed by atoms with Gasteiger partial charge >= 0.3 is 0 Å². The minimum absolute atomic E-state index is 0.124. The summed E-state index contributed by atoms with van der Waals surface area (Å²) in [6, 6.07) is 10.8. The lowest BCUT2D eigenvalue weighted by molar-refractivity contribution is 0.0985. The topological polar surface area (TPSA) is 93.2 Å². The fraction of sp³-hybridized carbons (Fsp3) is 0.269. The number of methoxy groups -OCH3 is 4. The van der Waals surface area contributed by atoms with E-state index in [9.17, 15) is 9.90 Å². The predicted octanol–water partition coefficient (Wildman–Crippen LogP) is 5.12. The third-order valence-electron chi connectivity index (χ3n) is 6.18. The summed E-state index contributed by atoms with van der Waals surface area (Å²) in [6.07, 6.45) is 2.15. The van der Waals surface area contributed by atoms with Crippen LogP contribution in [-0.2, 0) is 6.42 Å². The quantitative estimate of drug-likeness (QED) is 0.371. The number of rotatable bonds is 5. The summed E-state index contributed by atoms with van der Waals surface area (Å²) in [4.78, 5) is 18.4. The van der Waals surface area contributed by atoms with Crippen molar-refractivity contribution in [2.75, 3.05) is 46.3 Å². The summed E-state index contributed by atoms with van der Waals surface area (Å²) in [5.41, 5.74) is 2.74. The number of hydrogen-bond donors (Lipinski definition) is 2. The maximum Gasteiger partial charge on any atom is 0.274 e. The van der Waals surface area contributed by atoms with Crippen molar-refractivity contribution in [3.8, 4) is 28.7 Å². The fourth-order valence-corrected chi connectivity index (χ4v) is 4.62. The number of ether oxygens (including phenoxy) is 4. The van der Waals surface area contributed by atoms with Gasteiger partial charge < -0.3 is 33.9 Å². The van der Waals surface area contributed by atoms with Gasteiger partial charge in [0.25, 0.3) is 5.91 Å². The van der Waals surface area contributed by atoms with E-state index in [0.29, 0.717) is 52.9 Å². The highest BCUT2D eigenvalue weighted by Crippen LogP contribution is 2.44. The Morgan fingerprint density at radius 2 is 1.69 bits per heavy atom. The summed E-state index contributed by atoms with van der Waals surface area (Å²) in [7, 11) is 6.23. The summed E-state index contributed by atoms with van der Waals surface area (Å²) < 4.78 is 21.8. The van der Waals surface area contributed by atoms with Crippen LogP contribution in [0.15, 0.2) is 36.4 Å². The first-order chi connectivity index (χ1) is 17.0. The van der Waals surface area contributed by atoms with Crippen LogP contribution in [0.25, 0.3) is 21.7 Å². The highest BCUT2D eigenvalue weighted by atomic mass is 35.5. The lowest BCUT2D eigenvalue weighted by Gasteiger charge is -2.18. The average molecular weight is 499 g/mol. The van der Waals surface area contributed by atoms with E-state index in [4.69, 9.17) is 18.9 Å². The molecule has 0 fully saturated rings. The van der Waals surface area contributed by atoms with Gasteiger partial charge in [-0.1, -0.05) is 0 Å². The van der Waals surface area contributed by atoms with Gasteiger partial charge in [-0.25, -0.2) is 0 Å². The van der Waals surface area contributed by atoms with Gasteiger partial charge in [-0.15, -0.1) is 11.6 Å². The number of H-pyrrole nitrogens is 1. The number of nitrogens with zero attached hydrogens (tertiary/aromatic N) is 1. The van der Waals surface area contributed by atoms with Crippen molar-refractivity contribution in [2.45, 2.75) is 6.42 Å². The first-order valence-corrected chi connectivity index (χ1v) is 11.6. The molecule has 0 radical (unpaired) electrons. The second-order valence-corrected chi connectivity index (χ2v) is 7.80. The number of carbonyl (C=O) groups is 1. The normalized spacial score (nSPS) is 12.2. The molecule has 0 saturated carbocycles. The molecule has 4 aromatic rings. The van der Waals surface area contributed by atoms with Crippen LogP contribution in [0.4, 0.5) is 5.69 Å². The highest BCUT2D eigenvalue weighted by Gasteiger charge is 2.30. The van der Waals surface area contributed by atoms with E-state index in [2.05, 4.69) is 16.6 Å². The number of amides is 1. The third kappa shape index (κ3) is 3.93. The van der Waals surface area contributed by atoms with Crippen LogP contribution in [0.1, 0.15) is 16.1 Å². The van der Waals surface area contributed by atoms with Crippen LogP contribution in [0, 0.1) is 0 Å². The molecule has 3 aromatic carbocycles. The number of aromatic hydroxyl groups is 1. The van der Waals surface area contributed by atoms with Gasteiger partial charge in [0, 0.05) is 29.8 Å². The van der Waals surface area contributed by atoms with Crippen LogP contribution < -0.4 is 23.8 Å². The summed E-state index contributed by atoms with van der Waals surface area (Å²) in [5.74, 6) is 2.04. The molecule has 1 aliphatic rings. The Labute approximate surface area is 207 Å². The van der Waals surface area contributed by atoms with Crippen LogP contribution in [0.2, 0.25) is 0 Å². The number of carbonyl (C=O) groups excluding carboxylic acids is 1. The average Bonchev–Trinajstić information content (AvgIpc) is 3.52. The van der Waals surface area contributed by atoms with Crippen molar-refractivity contribution >= 4 is 44.9 Å². The number of hydrogen-bond acceptors (Lipinski definition) is 6. The van der Waals surface area contributed by atoms with Crippen molar-refractivity contribution in [3.05, 3.63) is 47.7 Å². The number of benzene rings is 3. The minimum Gasteiger partial charge on any atom is -0.507 e. The molecule has 0 bridgehead atoms. The van der Waals surface area contributed by atoms with Crippen molar-refractivity contribution in [1.29, 1.82) is 0 Å². The number of aromatic nitrogens is 1. The Balaban J connectivity index is 0.00000141. The van der Waals surface area contributed by atoms with E-state index in [1.54, 1.807) is 37.3 Å². The Bertz CT molecular complexity index is 1410. The minimum atomic E-state index is -0.202. The Hall–Kier alpha value is -3.78. The van der Waals surface area contributed by atoms with E-state index in [0.717, 1.165) is 21.7 Å². The number of phenolic OH excluding ortho intramolecular Hbond substituents is 1. The molecule has 5 rings (SSSR count). The summed E-state index contributed by atoms with van der Waals surface area (Å²) >= 11 is 4.64. The lowest BCUT2D eigenvalue weighted by Crippen LogP contribution is -2.29. The molecule has 184 valence electrons. The number of alkyl halides is 1. The maximum atomic E-state index is 13.5. The molecule has 9 heteroatoms. The molecule has 0 spiro atoms. The first-order valence-electron chi connectivity index (χ1n) is 10.8. The molecule has 1 aliphatic heterocycles. The number of nitrogens with one attached hydrogen (secondary N) is 1. The van der Waals surface area contributed by atoms with E-state index >= 15 is 0 Å². The van der Waals surface area contributed by atoms with Crippen LogP contribution in [0.5, 0.6) is 28.7 Å². The largest absolute Gasteiger partial charge is 0.507 e. The van der Waals surface area contributed by atoms with Crippen molar-refractivity contribution in [2.24, 2.45) is 0 Å². The molecule has 0 aliphatic carbocycles. The monoisotopic (exact) mass is 498 g/mol. The first kappa shape index (κ1) is 24.3. The molecule has 0 unspecified atom stereocenters. The molecular weight excluding hydrogens is 472 g/mol. The number of fused-ring (bicyclic) bond motifs is 4. The van der Waals surface area contributed by atoms with Crippen molar-refractivity contribution in [3.63, 3.8) is 0 Å². The molecular formula is C26H27ClN2O6. The fourth-order valence-electron chi connectivity index (χ4n) is 4.62. The second-order valence-electron chi connectivity index (χ2n) is 7.80. The number of anilines is 1. The van der Waals surface area contributed by atoms with E-state index in [1.165, 1.54) is 20.6 Å². The standard InChI is InChI=1S/C25H24N2O6.CH3Cl/c1-30-14-5-6-16-17(11-14)15-7-8-27(19(15)12-20(16)28)25(29)18-9-13-10-21(31-2)23(32-3)24(33-4)22(13)26-18;1-2/h5-6,9-12,26,28H,7-8H2,1-4H3;1H3. The summed E-state index contributed by atoms with van der Waals surface area (Å²) in [5, 5.41) is 13.0. The van der Waals surface area contributed by atoms with Crippen LogP contribution >= 0.6 is 11.6 Å². The van der Waals surface area contributed by atoms with Crippen molar-refractivity contribution < 1.29 is 28.8 Å². The molecule has 1 aromatic heterocycles. The molecule has 2 N–H and O–H groups in total. The van der Waals surface area contributed by atoms with Gasteiger partial charge in [0.05, 0.1) is 39.6 Å². The Morgan fingerprint density at radius 3 is 2.34 bits per heavy atom. The summed E-state index contributed by atoms with van der Waals surface area (Å²) in [6.45, 7) is 0.503. The van der Waals surface area contributed by atoms with Gasteiger partial charge in [-0.05, 0) is 47.7 Å². The number of halogens is 1. The highest BCUT2D eigenvalue weighted by molar-refractivity contribution is 6.15. The molecule has 8 nitrogen and oxygen atoms in total. The van der Waals surface area contributed by atoms with Gasteiger partial charge in [-0.2, -0.15) is 0 Å². The third-order valence-corrected chi connectivity index (χ3v) is 6.18. The molecule has 2 heterocycles. The maximum absolute atomic E-state index is 13.5. The number of aromatic amines is 1. The second kappa shape index (κ2) is 9.84. The Morgan fingerprint density at radius 1 is 0.943 bits per heavy atom. The Kier molecular flexibility index (Phi) is 6.84. The number of phenols is 1. The molecule has 35 heavy (non-hydrogen) atoms. The van der Waals surface area contributed by atoms with Gasteiger partial charge in [0.1, 0.15) is 17.2 Å². The smallest absolute Gasteiger partial charge is 0.274 e. The zero-order valence-electron chi connectivity index (χ0n) is 20.2. The van der Waals surface area contributed by atoms with Gasteiger partial charge in [0.15, 0.2) is 11.5 Å². The van der Waals surface area contributed by atoms with Gasteiger partial charge in [0.2, 0.25) is 5.75 Å². The van der Waals surface area contributed by atoms with Crippen molar-refractivity contribution in [1.82, 2.24) is 4.98 Å². The molecule has 0 saturated heterocycles. The zero-order chi connectivity index (χ0) is 25.3. The lowest BCUT2D eigenvalue weighted by atomic mass is 10.0. The molecule has 1 amide bonds. The van der Waals surface area contributed by atoms with E-state index in [-0.39, 0.29) is 11.7 Å². The van der Waals surface area contributed by atoms with Gasteiger partial charge in [-0.3, -0.25) is 4.79 Å². The van der Waals surface area contributed by atoms with Crippen LogP contribution in [0.3, 0.4) is 0 Å².